The minimum absolute atomic E-state index is 0.137. The molecule has 0 aliphatic carbocycles. The van der Waals surface area contributed by atoms with Gasteiger partial charge in [-0.2, -0.15) is 0 Å². The first-order valence-electron chi connectivity index (χ1n) is 4.47. The molecule has 2 aromatic heterocycles. The molecular weight excluding hydrogens is 228 g/mol. The average molecular weight is 236 g/mol. The number of hydrogen-bond donors (Lipinski definition) is 1. The molecule has 6 heteroatoms. The molecule has 0 unspecified atom stereocenters. The van der Waals surface area contributed by atoms with Gasteiger partial charge in [0.05, 0.1) is 12.0 Å². The van der Waals surface area contributed by atoms with E-state index in [0.29, 0.717) is 22.6 Å². The van der Waals surface area contributed by atoms with Crippen molar-refractivity contribution in [3.63, 3.8) is 0 Å². The van der Waals surface area contributed by atoms with E-state index in [0.717, 1.165) is 0 Å². The zero-order valence-electron chi connectivity index (χ0n) is 8.21. The highest BCUT2D eigenvalue weighted by Gasteiger charge is 2.10. The molecule has 5 nitrogen and oxygen atoms in total. The summed E-state index contributed by atoms with van der Waals surface area (Å²) in [5.41, 5.74) is 0. The first kappa shape index (κ1) is 10.8. The number of thioether (sulfide) groups is 1. The van der Waals surface area contributed by atoms with E-state index in [2.05, 4.69) is 22.0 Å². The zero-order chi connectivity index (χ0) is 11.2. The van der Waals surface area contributed by atoms with Crippen LogP contribution in [-0.4, -0.2) is 27.7 Å². The summed E-state index contributed by atoms with van der Waals surface area (Å²) in [6.07, 6.45) is 1.54. The highest BCUT2D eigenvalue weighted by atomic mass is 32.2. The molecule has 0 atom stereocenters. The van der Waals surface area contributed by atoms with Gasteiger partial charge in [-0.25, -0.2) is 0 Å². The second-order valence-corrected chi connectivity index (χ2v) is 3.58. The average Bonchev–Trinajstić information content (AvgIpc) is 2.94. The molecule has 0 spiro atoms. The van der Waals surface area contributed by atoms with Crippen LogP contribution in [0.15, 0.2) is 32.5 Å². The molecular formula is C10H8N2O3S. The van der Waals surface area contributed by atoms with E-state index >= 15 is 0 Å². The van der Waals surface area contributed by atoms with Crippen molar-refractivity contribution in [2.24, 2.45) is 0 Å². The minimum atomic E-state index is -0.137. The zero-order valence-corrected chi connectivity index (χ0v) is 9.03. The second kappa shape index (κ2) is 5.39. The third-order valence-electron chi connectivity index (χ3n) is 1.61. The molecule has 16 heavy (non-hydrogen) atoms. The van der Waals surface area contributed by atoms with Crippen LogP contribution in [0.3, 0.4) is 0 Å². The molecule has 0 aromatic carbocycles. The highest BCUT2D eigenvalue weighted by Crippen LogP contribution is 2.22. The molecule has 2 aromatic rings. The largest absolute Gasteiger partial charge is 0.459 e. The van der Waals surface area contributed by atoms with E-state index in [1.54, 1.807) is 18.4 Å². The summed E-state index contributed by atoms with van der Waals surface area (Å²) in [5, 5.41) is 16.5. The van der Waals surface area contributed by atoms with Gasteiger partial charge in [0.15, 0.2) is 5.76 Å². The molecule has 0 bridgehead atoms. The Morgan fingerprint density at radius 3 is 3.06 bits per heavy atom. The fraction of sp³-hybridized carbons (Fsp3) is 0.200. The maximum atomic E-state index is 8.45. The lowest BCUT2D eigenvalue weighted by molar-refractivity contribution is 0.350. The monoisotopic (exact) mass is 236 g/mol. The Balaban J connectivity index is 1.98. The number of nitrogens with zero attached hydrogens (tertiary/aromatic N) is 2. The van der Waals surface area contributed by atoms with Gasteiger partial charge in [0.1, 0.15) is 6.61 Å². The van der Waals surface area contributed by atoms with E-state index in [9.17, 15) is 0 Å². The molecule has 0 saturated heterocycles. The summed E-state index contributed by atoms with van der Waals surface area (Å²) < 4.78 is 10.4. The molecule has 0 saturated carbocycles. The van der Waals surface area contributed by atoms with Crippen molar-refractivity contribution in [2.45, 2.75) is 5.22 Å². The van der Waals surface area contributed by atoms with Crippen LogP contribution in [0.4, 0.5) is 0 Å². The first-order valence-corrected chi connectivity index (χ1v) is 5.45. The standard InChI is InChI=1S/C10H8N2O3S/c13-5-1-2-7-16-10-12-11-9(15-10)8-4-3-6-14-8/h3-4,6,13H,5,7H2. The van der Waals surface area contributed by atoms with Crippen molar-refractivity contribution in [1.82, 2.24) is 10.2 Å². The van der Waals surface area contributed by atoms with E-state index in [1.807, 2.05) is 0 Å². The van der Waals surface area contributed by atoms with Gasteiger partial charge in [0.25, 0.3) is 11.1 Å². The fourth-order valence-electron chi connectivity index (χ4n) is 0.973. The number of hydrogen-bond acceptors (Lipinski definition) is 6. The third kappa shape index (κ3) is 2.66. The van der Waals surface area contributed by atoms with Gasteiger partial charge in [-0.1, -0.05) is 23.6 Å². The lowest BCUT2D eigenvalue weighted by Crippen LogP contribution is -1.76. The molecule has 82 valence electrons. The predicted molar refractivity (Wildman–Crippen MR) is 57.6 cm³/mol. The van der Waals surface area contributed by atoms with Gasteiger partial charge >= 0.3 is 0 Å². The predicted octanol–water partition coefficient (Wildman–Crippen LogP) is 1.42. The molecule has 0 amide bonds. The van der Waals surface area contributed by atoms with Crippen LogP contribution in [-0.2, 0) is 0 Å². The summed E-state index contributed by atoms with van der Waals surface area (Å²) in [7, 11) is 0. The Hall–Kier alpha value is -1.71. The minimum Gasteiger partial charge on any atom is -0.459 e. The van der Waals surface area contributed by atoms with Crippen LogP contribution < -0.4 is 0 Å². The van der Waals surface area contributed by atoms with E-state index in [1.165, 1.54) is 11.8 Å². The summed E-state index contributed by atoms with van der Waals surface area (Å²) in [4.78, 5) is 0. The second-order valence-electron chi connectivity index (χ2n) is 2.65. The molecule has 1 N–H and O–H groups in total. The topological polar surface area (TPSA) is 72.3 Å². The number of aliphatic hydroxyl groups is 1. The van der Waals surface area contributed by atoms with Crippen LogP contribution >= 0.6 is 11.8 Å². The normalized spacial score (nSPS) is 9.81. The van der Waals surface area contributed by atoms with Gasteiger partial charge in [0, 0.05) is 0 Å². The number of rotatable bonds is 3. The van der Waals surface area contributed by atoms with Crippen molar-refractivity contribution in [3.05, 3.63) is 18.4 Å². The van der Waals surface area contributed by atoms with Crippen molar-refractivity contribution >= 4 is 11.8 Å². The molecule has 0 fully saturated rings. The van der Waals surface area contributed by atoms with Crippen molar-refractivity contribution in [3.8, 4) is 23.5 Å². The van der Waals surface area contributed by atoms with Gasteiger partial charge in [0.2, 0.25) is 0 Å². The quantitative estimate of drug-likeness (QED) is 0.641. The fourth-order valence-corrected chi connectivity index (χ4v) is 1.51. The van der Waals surface area contributed by atoms with Crippen LogP contribution in [0, 0.1) is 11.8 Å². The smallest absolute Gasteiger partial charge is 0.284 e. The molecule has 0 aliphatic rings. The third-order valence-corrected chi connectivity index (χ3v) is 2.31. The Kier molecular flexibility index (Phi) is 3.64. The lowest BCUT2D eigenvalue weighted by atomic mass is 10.5. The summed E-state index contributed by atoms with van der Waals surface area (Å²) in [6.45, 7) is -0.137. The van der Waals surface area contributed by atoms with Gasteiger partial charge in [-0.05, 0) is 12.1 Å². The summed E-state index contributed by atoms with van der Waals surface area (Å²) in [6, 6.07) is 3.49. The highest BCUT2D eigenvalue weighted by molar-refractivity contribution is 7.99. The van der Waals surface area contributed by atoms with E-state index < -0.39 is 0 Å². The Bertz CT molecular complexity index is 496. The number of aromatic nitrogens is 2. The van der Waals surface area contributed by atoms with Crippen LogP contribution in [0.5, 0.6) is 0 Å². The Morgan fingerprint density at radius 1 is 1.38 bits per heavy atom. The van der Waals surface area contributed by atoms with Crippen LogP contribution in [0.25, 0.3) is 11.7 Å². The van der Waals surface area contributed by atoms with Gasteiger partial charge in [-0.15, -0.1) is 10.2 Å². The molecule has 0 radical (unpaired) electrons. The SMILES string of the molecule is OCC#CCSc1nnc(-c2ccco2)o1. The molecule has 2 heterocycles. The molecule has 0 aliphatic heterocycles. The number of aliphatic hydroxyl groups excluding tert-OH is 1. The maximum Gasteiger partial charge on any atom is 0.284 e. The maximum absolute atomic E-state index is 8.45. The summed E-state index contributed by atoms with van der Waals surface area (Å²) in [5.74, 6) is 6.66. The van der Waals surface area contributed by atoms with E-state index in [4.69, 9.17) is 13.9 Å². The number of furan rings is 1. The van der Waals surface area contributed by atoms with Gasteiger partial charge < -0.3 is 13.9 Å². The van der Waals surface area contributed by atoms with Crippen LogP contribution in [0.1, 0.15) is 0 Å². The first-order chi connectivity index (χ1) is 7.90. The van der Waals surface area contributed by atoms with Crippen molar-refractivity contribution in [1.29, 1.82) is 0 Å². The van der Waals surface area contributed by atoms with Gasteiger partial charge in [-0.3, -0.25) is 0 Å². The van der Waals surface area contributed by atoms with Crippen molar-refractivity contribution in [2.75, 3.05) is 12.4 Å². The Morgan fingerprint density at radius 2 is 2.31 bits per heavy atom. The summed E-state index contributed by atoms with van der Waals surface area (Å²) >= 11 is 1.31. The Labute approximate surface area is 95.9 Å². The van der Waals surface area contributed by atoms with E-state index in [-0.39, 0.29) is 6.61 Å². The van der Waals surface area contributed by atoms with Crippen molar-refractivity contribution < 1.29 is 13.9 Å². The molecule has 2 rings (SSSR count). The lowest BCUT2D eigenvalue weighted by Gasteiger charge is -1.86. The van der Waals surface area contributed by atoms with Crippen LogP contribution in [0.2, 0.25) is 0 Å².